The van der Waals surface area contributed by atoms with Gasteiger partial charge in [-0.2, -0.15) is 0 Å². The summed E-state index contributed by atoms with van der Waals surface area (Å²) in [4.78, 5) is 0. The predicted molar refractivity (Wildman–Crippen MR) is 50.4 cm³/mol. The van der Waals surface area contributed by atoms with Crippen LogP contribution in [0.3, 0.4) is 0 Å². The third kappa shape index (κ3) is 3.24. The van der Waals surface area contributed by atoms with Gasteiger partial charge in [0.2, 0.25) is 0 Å². The second-order valence-corrected chi connectivity index (χ2v) is 4.02. The average Bonchev–Trinajstić information content (AvgIpc) is 2.15. The number of benzene rings is 1. The van der Waals surface area contributed by atoms with Crippen LogP contribution in [0.2, 0.25) is 6.04 Å². The molecular formula is C9H12F2OSi. The first-order chi connectivity index (χ1) is 6.24. The summed E-state index contributed by atoms with van der Waals surface area (Å²) in [6, 6.07) is 9.02. The van der Waals surface area contributed by atoms with E-state index in [1.54, 1.807) is 0 Å². The minimum atomic E-state index is -3.54. The minimum absolute atomic E-state index is 0.111. The SMILES string of the molecule is COC(C[SiH](F)F)c1ccccc1. The van der Waals surface area contributed by atoms with Crippen molar-refractivity contribution in [1.82, 2.24) is 0 Å². The van der Waals surface area contributed by atoms with Crippen molar-refractivity contribution in [1.29, 1.82) is 0 Å². The number of methoxy groups -OCH3 is 1. The lowest BCUT2D eigenvalue weighted by molar-refractivity contribution is 0.116. The van der Waals surface area contributed by atoms with Crippen LogP contribution in [0, 0.1) is 0 Å². The summed E-state index contributed by atoms with van der Waals surface area (Å²) in [5, 5.41) is 0. The molecule has 1 atom stereocenters. The highest BCUT2D eigenvalue weighted by molar-refractivity contribution is 6.42. The van der Waals surface area contributed by atoms with E-state index < -0.39 is 15.6 Å². The van der Waals surface area contributed by atoms with Gasteiger partial charge in [-0.25, -0.2) is 0 Å². The summed E-state index contributed by atoms with van der Waals surface area (Å²) >= 11 is 0. The smallest absolute Gasteiger partial charge is 0.377 e. The minimum Gasteiger partial charge on any atom is -0.377 e. The maximum absolute atomic E-state index is 12.2. The van der Waals surface area contributed by atoms with Gasteiger partial charge in [-0.05, 0) is 5.56 Å². The molecular weight excluding hydrogens is 190 g/mol. The molecule has 0 aliphatic carbocycles. The third-order valence-corrected chi connectivity index (χ3v) is 2.63. The van der Waals surface area contributed by atoms with Crippen molar-refractivity contribution >= 4 is 9.46 Å². The molecule has 1 nitrogen and oxygen atoms in total. The first kappa shape index (κ1) is 10.3. The molecule has 1 unspecified atom stereocenters. The Hall–Kier alpha value is -0.743. The highest BCUT2D eigenvalue weighted by Gasteiger charge is 2.18. The summed E-state index contributed by atoms with van der Waals surface area (Å²) in [6.45, 7) is 0. The predicted octanol–water partition coefficient (Wildman–Crippen LogP) is 2.53. The lowest BCUT2D eigenvalue weighted by Gasteiger charge is -2.13. The number of ether oxygens (including phenoxy) is 1. The molecule has 0 aromatic heterocycles. The third-order valence-electron chi connectivity index (χ3n) is 1.85. The van der Waals surface area contributed by atoms with Crippen molar-refractivity contribution in [2.75, 3.05) is 7.11 Å². The molecule has 1 aromatic carbocycles. The monoisotopic (exact) mass is 202 g/mol. The van der Waals surface area contributed by atoms with E-state index in [2.05, 4.69) is 0 Å². The number of rotatable bonds is 4. The van der Waals surface area contributed by atoms with Crippen LogP contribution in [-0.2, 0) is 4.74 Å². The van der Waals surface area contributed by atoms with Crippen LogP contribution in [0.1, 0.15) is 11.7 Å². The Morgan fingerprint density at radius 2 is 1.92 bits per heavy atom. The van der Waals surface area contributed by atoms with Gasteiger partial charge in [0.05, 0.1) is 6.10 Å². The molecule has 1 rings (SSSR count). The van der Waals surface area contributed by atoms with Crippen LogP contribution in [0.4, 0.5) is 8.22 Å². The number of hydrogen-bond donors (Lipinski definition) is 0. The van der Waals surface area contributed by atoms with E-state index in [9.17, 15) is 8.22 Å². The normalized spacial score (nSPS) is 13.2. The maximum Gasteiger partial charge on any atom is 0.414 e. The van der Waals surface area contributed by atoms with Gasteiger partial charge < -0.3 is 4.74 Å². The zero-order chi connectivity index (χ0) is 9.68. The molecule has 0 fully saturated rings. The molecule has 0 saturated carbocycles. The summed E-state index contributed by atoms with van der Waals surface area (Å²) in [6.07, 6.45) is -0.437. The van der Waals surface area contributed by atoms with Crippen molar-refractivity contribution in [3.8, 4) is 0 Å². The van der Waals surface area contributed by atoms with Crippen molar-refractivity contribution in [2.45, 2.75) is 12.1 Å². The summed E-state index contributed by atoms with van der Waals surface area (Å²) in [7, 11) is -2.07. The Balaban J connectivity index is 2.67. The number of halogens is 2. The van der Waals surface area contributed by atoms with Gasteiger partial charge in [0.1, 0.15) is 0 Å². The molecule has 0 aliphatic heterocycles. The second-order valence-electron chi connectivity index (χ2n) is 2.76. The largest absolute Gasteiger partial charge is 0.414 e. The first-order valence-electron chi connectivity index (χ1n) is 4.10. The molecule has 0 spiro atoms. The molecule has 72 valence electrons. The van der Waals surface area contributed by atoms with Gasteiger partial charge in [-0.1, -0.05) is 30.3 Å². The van der Waals surface area contributed by atoms with E-state index >= 15 is 0 Å². The van der Waals surface area contributed by atoms with E-state index in [0.717, 1.165) is 5.56 Å². The lowest BCUT2D eigenvalue weighted by atomic mass is 10.1. The highest BCUT2D eigenvalue weighted by atomic mass is 28.4. The van der Waals surface area contributed by atoms with E-state index in [4.69, 9.17) is 4.74 Å². The molecule has 0 radical (unpaired) electrons. The Morgan fingerprint density at radius 3 is 2.38 bits per heavy atom. The van der Waals surface area contributed by atoms with Crippen molar-refractivity contribution in [3.63, 3.8) is 0 Å². The zero-order valence-electron chi connectivity index (χ0n) is 7.41. The van der Waals surface area contributed by atoms with Crippen LogP contribution >= 0.6 is 0 Å². The first-order valence-corrected chi connectivity index (χ1v) is 5.79. The van der Waals surface area contributed by atoms with Gasteiger partial charge in [0.15, 0.2) is 0 Å². The van der Waals surface area contributed by atoms with E-state index in [1.165, 1.54) is 7.11 Å². The second kappa shape index (κ2) is 5.09. The molecule has 0 N–H and O–H groups in total. The van der Waals surface area contributed by atoms with Gasteiger partial charge in [0, 0.05) is 13.2 Å². The van der Waals surface area contributed by atoms with E-state index in [1.807, 2.05) is 30.3 Å². The summed E-state index contributed by atoms with van der Waals surface area (Å²) in [5.74, 6) is 0. The maximum atomic E-state index is 12.2. The Morgan fingerprint density at radius 1 is 1.31 bits per heavy atom. The molecule has 0 bridgehead atoms. The van der Waals surface area contributed by atoms with Crippen LogP contribution in [-0.4, -0.2) is 16.6 Å². The molecule has 0 heterocycles. The standard InChI is InChI=1S/C9H12F2OSi/c1-12-9(7-13(10)11)8-5-3-2-4-6-8/h2-6,9,13H,7H2,1H3. The molecule has 0 amide bonds. The molecule has 1 aromatic rings. The van der Waals surface area contributed by atoms with Gasteiger partial charge in [-0.15, -0.1) is 0 Å². The zero-order valence-corrected chi connectivity index (χ0v) is 8.57. The Bertz CT molecular complexity index is 241. The lowest BCUT2D eigenvalue weighted by Crippen LogP contribution is -2.08. The Kier molecular flexibility index (Phi) is 4.05. The van der Waals surface area contributed by atoms with Gasteiger partial charge in [0.25, 0.3) is 0 Å². The van der Waals surface area contributed by atoms with Crippen molar-refractivity contribution < 1.29 is 13.0 Å². The fraction of sp³-hybridized carbons (Fsp3) is 0.333. The fourth-order valence-electron chi connectivity index (χ4n) is 1.20. The topological polar surface area (TPSA) is 9.23 Å². The molecule has 13 heavy (non-hydrogen) atoms. The van der Waals surface area contributed by atoms with Crippen molar-refractivity contribution in [2.24, 2.45) is 0 Å². The summed E-state index contributed by atoms with van der Waals surface area (Å²) < 4.78 is 29.4. The van der Waals surface area contributed by atoms with Crippen LogP contribution in [0.15, 0.2) is 30.3 Å². The van der Waals surface area contributed by atoms with E-state index in [0.29, 0.717) is 0 Å². The average molecular weight is 202 g/mol. The molecule has 4 heteroatoms. The highest BCUT2D eigenvalue weighted by Crippen LogP contribution is 2.22. The Labute approximate surface area is 78.3 Å². The quantitative estimate of drug-likeness (QED) is 0.538. The van der Waals surface area contributed by atoms with Crippen molar-refractivity contribution in [3.05, 3.63) is 35.9 Å². The number of hydrogen-bond acceptors (Lipinski definition) is 1. The van der Waals surface area contributed by atoms with Crippen LogP contribution in [0.5, 0.6) is 0 Å². The van der Waals surface area contributed by atoms with Gasteiger partial charge >= 0.3 is 9.46 Å². The van der Waals surface area contributed by atoms with Crippen LogP contribution in [0.25, 0.3) is 0 Å². The molecule has 0 aliphatic rings. The summed E-state index contributed by atoms with van der Waals surface area (Å²) in [5.41, 5.74) is 0.831. The molecule has 0 saturated heterocycles. The van der Waals surface area contributed by atoms with E-state index in [-0.39, 0.29) is 6.04 Å². The van der Waals surface area contributed by atoms with Gasteiger partial charge in [-0.3, -0.25) is 8.22 Å². The van der Waals surface area contributed by atoms with Crippen LogP contribution < -0.4 is 0 Å². The fourth-order valence-corrected chi connectivity index (χ4v) is 1.99.